The number of hydrogen-bond donors (Lipinski definition) is 3. The van der Waals surface area contributed by atoms with E-state index in [2.05, 4.69) is 10.6 Å². The molecule has 0 unspecified atom stereocenters. The molecule has 2 rings (SSSR count). The lowest BCUT2D eigenvalue weighted by Gasteiger charge is -2.21. The first-order valence-corrected chi connectivity index (χ1v) is 9.83. The maximum absolute atomic E-state index is 12.7. The SMILES string of the molecule is Cc1cccc(Nc2ccc([N+](=O)[O-])cc2S(=O)(=O)NC(=O)NC(C)(C)C)c1. The minimum Gasteiger partial charge on any atom is -0.354 e. The third kappa shape index (κ3) is 5.68. The molecule has 2 amide bonds. The minimum absolute atomic E-state index is 0.104. The molecule has 0 fully saturated rings. The van der Waals surface area contributed by atoms with Crippen LogP contribution in [0.5, 0.6) is 0 Å². The number of nitrogens with one attached hydrogen (secondary N) is 3. The van der Waals surface area contributed by atoms with E-state index in [0.717, 1.165) is 11.6 Å². The fraction of sp³-hybridized carbons (Fsp3) is 0.278. The van der Waals surface area contributed by atoms with Gasteiger partial charge in [-0.25, -0.2) is 17.9 Å². The van der Waals surface area contributed by atoms with E-state index in [-0.39, 0.29) is 5.69 Å². The van der Waals surface area contributed by atoms with Crippen LogP contribution in [0.25, 0.3) is 0 Å². The molecule has 0 saturated carbocycles. The summed E-state index contributed by atoms with van der Waals surface area (Å²) in [5.74, 6) is 0. The standard InChI is InChI=1S/C18H22N4O5S/c1-12-6-5-7-13(10-12)19-15-9-8-14(22(24)25)11-16(15)28(26,27)21-17(23)20-18(2,3)4/h5-11,19H,1-4H3,(H2,20,21,23). The maximum atomic E-state index is 12.7. The molecule has 150 valence electrons. The number of rotatable bonds is 5. The normalized spacial score (nSPS) is 11.6. The first kappa shape index (κ1) is 21.2. The molecule has 0 aliphatic carbocycles. The van der Waals surface area contributed by atoms with Crippen molar-refractivity contribution in [1.82, 2.24) is 10.0 Å². The summed E-state index contributed by atoms with van der Waals surface area (Å²) in [4.78, 5) is 22.0. The second kappa shape index (κ2) is 7.85. The fourth-order valence-electron chi connectivity index (χ4n) is 2.37. The van der Waals surface area contributed by atoms with Gasteiger partial charge < -0.3 is 10.6 Å². The van der Waals surface area contributed by atoms with Gasteiger partial charge in [-0.1, -0.05) is 12.1 Å². The van der Waals surface area contributed by atoms with Crippen LogP contribution in [0.1, 0.15) is 26.3 Å². The van der Waals surface area contributed by atoms with E-state index in [1.807, 2.05) is 17.7 Å². The molecule has 9 nitrogen and oxygen atoms in total. The third-order valence-corrected chi connectivity index (χ3v) is 4.85. The molecular weight excluding hydrogens is 384 g/mol. The van der Waals surface area contributed by atoms with E-state index in [1.54, 1.807) is 39.0 Å². The highest BCUT2D eigenvalue weighted by molar-refractivity contribution is 7.90. The van der Waals surface area contributed by atoms with Crippen LogP contribution >= 0.6 is 0 Å². The Bertz CT molecular complexity index is 1010. The number of non-ortho nitro benzene ring substituents is 1. The monoisotopic (exact) mass is 406 g/mol. The lowest BCUT2D eigenvalue weighted by atomic mass is 10.1. The van der Waals surface area contributed by atoms with Gasteiger partial charge in [-0.3, -0.25) is 10.1 Å². The Hall–Kier alpha value is -3.14. The number of anilines is 2. The molecule has 0 aliphatic heterocycles. The average Bonchev–Trinajstić information content (AvgIpc) is 2.52. The highest BCUT2D eigenvalue weighted by Crippen LogP contribution is 2.29. The number of nitro groups is 1. The van der Waals surface area contributed by atoms with Crippen molar-refractivity contribution in [3.05, 3.63) is 58.1 Å². The van der Waals surface area contributed by atoms with Crippen LogP contribution in [-0.4, -0.2) is 24.9 Å². The van der Waals surface area contributed by atoms with Gasteiger partial charge in [-0.05, 0) is 51.5 Å². The molecule has 0 spiro atoms. The van der Waals surface area contributed by atoms with Crippen LogP contribution in [0.15, 0.2) is 47.4 Å². The molecule has 0 bridgehead atoms. The zero-order valence-corrected chi connectivity index (χ0v) is 16.8. The van der Waals surface area contributed by atoms with E-state index >= 15 is 0 Å². The van der Waals surface area contributed by atoms with Crippen molar-refractivity contribution in [1.29, 1.82) is 0 Å². The van der Waals surface area contributed by atoms with Gasteiger partial charge in [0.1, 0.15) is 4.90 Å². The van der Waals surface area contributed by atoms with Crippen molar-refractivity contribution in [3.63, 3.8) is 0 Å². The summed E-state index contributed by atoms with van der Waals surface area (Å²) in [6, 6.07) is 9.62. The Balaban J connectivity index is 2.45. The van der Waals surface area contributed by atoms with Gasteiger partial charge in [0.2, 0.25) is 0 Å². The number of hydrogen-bond acceptors (Lipinski definition) is 6. The second-order valence-corrected chi connectivity index (χ2v) is 8.89. The van der Waals surface area contributed by atoms with E-state index in [0.29, 0.717) is 5.69 Å². The largest absolute Gasteiger partial charge is 0.354 e. The van der Waals surface area contributed by atoms with E-state index in [4.69, 9.17) is 0 Å². The minimum atomic E-state index is -4.38. The van der Waals surface area contributed by atoms with Crippen molar-refractivity contribution in [3.8, 4) is 0 Å². The molecule has 28 heavy (non-hydrogen) atoms. The van der Waals surface area contributed by atoms with Gasteiger partial charge in [0.05, 0.1) is 10.6 Å². The van der Waals surface area contributed by atoms with Crippen LogP contribution in [-0.2, 0) is 10.0 Å². The Morgan fingerprint density at radius 2 is 1.79 bits per heavy atom. The molecule has 3 N–H and O–H groups in total. The third-order valence-electron chi connectivity index (χ3n) is 3.48. The smallest absolute Gasteiger partial charge is 0.329 e. The number of nitrogens with zero attached hydrogens (tertiary/aromatic N) is 1. The van der Waals surface area contributed by atoms with Gasteiger partial charge in [0, 0.05) is 23.4 Å². The molecule has 0 heterocycles. The van der Waals surface area contributed by atoms with Crippen LogP contribution in [0.3, 0.4) is 0 Å². The first-order chi connectivity index (χ1) is 12.9. The van der Waals surface area contributed by atoms with Crippen molar-refractivity contribution in [2.24, 2.45) is 0 Å². The number of amides is 2. The Labute approximate surface area is 163 Å². The number of urea groups is 1. The van der Waals surface area contributed by atoms with Crippen molar-refractivity contribution in [2.75, 3.05) is 5.32 Å². The maximum Gasteiger partial charge on any atom is 0.329 e. The van der Waals surface area contributed by atoms with Gasteiger partial charge in [0.15, 0.2) is 0 Å². The predicted octanol–water partition coefficient (Wildman–Crippen LogP) is 3.43. The lowest BCUT2D eigenvalue weighted by Crippen LogP contribution is -2.48. The Kier molecular flexibility index (Phi) is 5.93. The van der Waals surface area contributed by atoms with Gasteiger partial charge in [0.25, 0.3) is 15.7 Å². The molecule has 10 heteroatoms. The molecular formula is C18H22N4O5S. The molecule has 0 aliphatic rings. The highest BCUT2D eigenvalue weighted by atomic mass is 32.2. The predicted molar refractivity (Wildman–Crippen MR) is 106 cm³/mol. The first-order valence-electron chi connectivity index (χ1n) is 8.34. The quantitative estimate of drug-likeness (QED) is 0.515. The molecule has 0 saturated heterocycles. The topological polar surface area (TPSA) is 130 Å². The zero-order valence-electron chi connectivity index (χ0n) is 15.9. The van der Waals surface area contributed by atoms with Crippen molar-refractivity contribution >= 4 is 33.1 Å². The summed E-state index contributed by atoms with van der Waals surface area (Å²) in [6.45, 7) is 6.95. The summed E-state index contributed by atoms with van der Waals surface area (Å²) < 4.78 is 27.4. The summed E-state index contributed by atoms with van der Waals surface area (Å²) in [6.07, 6.45) is 0. The zero-order chi connectivity index (χ0) is 21.1. The van der Waals surface area contributed by atoms with Crippen molar-refractivity contribution in [2.45, 2.75) is 38.1 Å². The Morgan fingerprint density at radius 3 is 2.36 bits per heavy atom. The summed E-state index contributed by atoms with van der Waals surface area (Å²) in [5.41, 5.74) is 0.576. The number of benzene rings is 2. The van der Waals surface area contributed by atoms with Gasteiger partial charge in [-0.2, -0.15) is 0 Å². The summed E-state index contributed by atoms with van der Waals surface area (Å²) >= 11 is 0. The van der Waals surface area contributed by atoms with E-state index in [9.17, 15) is 23.3 Å². The number of aryl methyl sites for hydroxylation is 1. The average molecular weight is 406 g/mol. The summed E-state index contributed by atoms with van der Waals surface area (Å²) in [7, 11) is -4.38. The van der Waals surface area contributed by atoms with Gasteiger partial charge >= 0.3 is 6.03 Å². The number of sulfonamides is 1. The summed E-state index contributed by atoms with van der Waals surface area (Å²) in [5, 5.41) is 16.5. The highest BCUT2D eigenvalue weighted by Gasteiger charge is 2.26. The molecule has 0 radical (unpaired) electrons. The van der Waals surface area contributed by atoms with Crippen LogP contribution in [0.2, 0.25) is 0 Å². The van der Waals surface area contributed by atoms with E-state index < -0.39 is 37.1 Å². The molecule has 0 atom stereocenters. The van der Waals surface area contributed by atoms with Crippen LogP contribution in [0.4, 0.5) is 21.9 Å². The number of carbonyl (C=O) groups is 1. The van der Waals surface area contributed by atoms with Crippen molar-refractivity contribution < 1.29 is 18.1 Å². The fourth-order valence-corrected chi connectivity index (χ4v) is 3.46. The Morgan fingerprint density at radius 1 is 1.11 bits per heavy atom. The van der Waals surface area contributed by atoms with E-state index in [1.165, 1.54) is 12.1 Å². The molecule has 2 aromatic rings. The lowest BCUT2D eigenvalue weighted by molar-refractivity contribution is -0.385. The van der Waals surface area contributed by atoms with Gasteiger partial charge in [-0.15, -0.1) is 0 Å². The number of carbonyl (C=O) groups excluding carboxylic acids is 1. The second-order valence-electron chi connectivity index (χ2n) is 7.24. The number of nitro benzene ring substituents is 1. The van der Waals surface area contributed by atoms with Crippen LogP contribution < -0.4 is 15.4 Å². The molecule has 2 aromatic carbocycles. The molecule has 0 aromatic heterocycles. The van der Waals surface area contributed by atoms with Crippen LogP contribution in [0, 0.1) is 17.0 Å².